The van der Waals surface area contributed by atoms with Gasteiger partial charge in [-0.05, 0) is 36.8 Å². The van der Waals surface area contributed by atoms with E-state index in [1.54, 1.807) is 35.2 Å². The van der Waals surface area contributed by atoms with Gasteiger partial charge in [-0.25, -0.2) is 0 Å². The van der Waals surface area contributed by atoms with E-state index in [1.807, 2.05) is 12.1 Å². The first-order valence-corrected chi connectivity index (χ1v) is 10.5. The number of anilines is 1. The van der Waals surface area contributed by atoms with Crippen LogP contribution in [0.15, 0.2) is 52.1 Å². The van der Waals surface area contributed by atoms with Crippen molar-refractivity contribution in [1.29, 1.82) is 0 Å². The van der Waals surface area contributed by atoms with Crippen LogP contribution in [-0.4, -0.2) is 41.0 Å². The van der Waals surface area contributed by atoms with Crippen molar-refractivity contribution in [2.75, 3.05) is 24.0 Å². The number of carbonyl (C=O) groups is 2. The van der Waals surface area contributed by atoms with E-state index >= 15 is 0 Å². The Bertz CT molecular complexity index is 1130. The van der Waals surface area contributed by atoms with Crippen molar-refractivity contribution in [1.82, 2.24) is 10.2 Å². The van der Waals surface area contributed by atoms with E-state index in [4.69, 9.17) is 13.9 Å². The lowest BCUT2D eigenvalue weighted by Crippen LogP contribution is -2.23. The molecule has 2 aliphatic rings. The van der Waals surface area contributed by atoms with Crippen LogP contribution in [0.25, 0.3) is 11.5 Å². The molecule has 1 amide bonds. The minimum Gasteiger partial charge on any atom is -0.454 e. The molecule has 0 N–H and O–H groups in total. The van der Waals surface area contributed by atoms with Crippen molar-refractivity contribution in [2.24, 2.45) is 0 Å². The van der Waals surface area contributed by atoms with Crippen LogP contribution >= 0.6 is 11.8 Å². The highest BCUT2D eigenvalue weighted by Crippen LogP contribution is 2.36. The smallest absolute Gasteiger partial charge is 0.277 e. The van der Waals surface area contributed by atoms with Gasteiger partial charge in [-0.3, -0.25) is 9.59 Å². The number of amides is 1. The molecule has 3 heterocycles. The van der Waals surface area contributed by atoms with Gasteiger partial charge in [0.25, 0.3) is 5.22 Å². The molecule has 30 heavy (non-hydrogen) atoms. The zero-order valence-electron chi connectivity index (χ0n) is 15.9. The van der Waals surface area contributed by atoms with Gasteiger partial charge in [0.2, 0.25) is 18.6 Å². The number of Topliss-reactive ketones (excluding diaryl/α,β-unsaturated/α-hetero) is 1. The lowest BCUT2D eigenvalue weighted by atomic mass is 10.1. The fourth-order valence-corrected chi connectivity index (χ4v) is 4.05. The largest absolute Gasteiger partial charge is 0.454 e. The topological polar surface area (TPSA) is 94.8 Å². The molecule has 0 radical (unpaired) electrons. The average molecular weight is 423 g/mol. The zero-order valence-corrected chi connectivity index (χ0v) is 16.7. The first kappa shape index (κ1) is 18.7. The van der Waals surface area contributed by atoms with Gasteiger partial charge in [0, 0.05) is 29.8 Å². The summed E-state index contributed by atoms with van der Waals surface area (Å²) >= 11 is 1.18. The summed E-state index contributed by atoms with van der Waals surface area (Å²) in [5, 5.41) is 8.37. The number of thioether (sulfide) groups is 1. The van der Waals surface area contributed by atoms with Crippen LogP contribution in [0.3, 0.4) is 0 Å². The van der Waals surface area contributed by atoms with Gasteiger partial charge in [-0.15, -0.1) is 10.2 Å². The van der Waals surface area contributed by atoms with E-state index in [2.05, 4.69) is 10.2 Å². The maximum Gasteiger partial charge on any atom is 0.277 e. The maximum atomic E-state index is 12.6. The van der Waals surface area contributed by atoms with Gasteiger partial charge in [0.1, 0.15) is 0 Å². The zero-order chi connectivity index (χ0) is 20.5. The van der Waals surface area contributed by atoms with Crippen molar-refractivity contribution in [3.05, 3.63) is 48.0 Å². The molecule has 1 fully saturated rings. The van der Waals surface area contributed by atoms with Crippen LogP contribution < -0.4 is 14.4 Å². The summed E-state index contributed by atoms with van der Waals surface area (Å²) in [6.45, 7) is 0.884. The third kappa shape index (κ3) is 3.63. The summed E-state index contributed by atoms with van der Waals surface area (Å²) in [4.78, 5) is 26.3. The molecule has 3 aromatic rings. The summed E-state index contributed by atoms with van der Waals surface area (Å²) < 4.78 is 16.3. The Morgan fingerprint density at radius 2 is 2.00 bits per heavy atom. The van der Waals surface area contributed by atoms with Crippen LogP contribution in [0, 0.1) is 0 Å². The molecule has 1 saturated heterocycles. The Balaban J connectivity index is 1.25. The van der Waals surface area contributed by atoms with E-state index in [0.717, 1.165) is 12.1 Å². The van der Waals surface area contributed by atoms with E-state index in [-0.39, 0.29) is 24.2 Å². The molecule has 2 aliphatic heterocycles. The average Bonchev–Trinajstić information content (AvgIpc) is 3.52. The molecule has 2 aromatic carbocycles. The standard InChI is InChI=1S/C21H17N3O5S/c25-16(13-3-1-4-15(9-13)24-8-2-5-19(24)26)11-30-21-23-22-20(29-21)14-6-7-17-18(10-14)28-12-27-17/h1,3-4,6-7,9-10H,2,5,8,11-12H2. The molecule has 8 nitrogen and oxygen atoms in total. The Labute approximate surface area is 176 Å². The van der Waals surface area contributed by atoms with Crippen molar-refractivity contribution in [3.63, 3.8) is 0 Å². The van der Waals surface area contributed by atoms with Crippen LogP contribution in [0.5, 0.6) is 11.5 Å². The lowest BCUT2D eigenvalue weighted by molar-refractivity contribution is -0.117. The second kappa shape index (κ2) is 7.83. The minimum absolute atomic E-state index is 0.0728. The molecule has 1 aromatic heterocycles. The number of ketones is 1. The molecule has 152 valence electrons. The SMILES string of the molecule is O=C(CSc1nnc(-c2ccc3c(c2)OCO3)o1)c1cccc(N2CCCC2=O)c1. The number of rotatable bonds is 6. The highest BCUT2D eigenvalue weighted by molar-refractivity contribution is 7.99. The number of hydrogen-bond donors (Lipinski definition) is 0. The number of fused-ring (bicyclic) bond motifs is 1. The van der Waals surface area contributed by atoms with Crippen LogP contribution in [0.1, 0.15) is 23.2 Å². The second-order valence-electron chi connectivity index (χ2n) is 6.85. The van der Waals surface area contributed by atoms with Crippen molar-refractivity contribution >= 4 is 29.1 Å². The predicted molar refractivity (Wildman–Crippen MR) is 109 cm³/mol. The highest BCUT2D eigenvalue weighted by atomic mass is 32.2. The van der Waals surface area contributed by atoms with Gasteiger partial charge in [-0.2, -0.15) is 0 Å². The van der Waals surface area contributed by atoms with Crippen molar-refractivity contribution in [2.45, 2.75) is 18.1 Å². The number of carbonyl (C=O) groups excluding carboxylic acids is 2. The highest BCUT2D eigenvalue weighted by Gasteiger charge is 2.22. The summed E-state index contributed by atoms with van der Waals surface area (Å²) in [5.74, 6) is 1.83. The first-order valence-electron chi connectivity index (χ1n) is 9.47. The van der Waals surface area contributed by atoms with E-state index in [1.165, 1.54) is 11.8 Å². The Kier molecular flexibility index (Phi) is 4.88. The third-order valence-corrected chi connectivity index (χ3v) is 5.72. The number of benzene rings is 2. The molecule has 0 spiro atoms. The summed E-state index contributed by atoms with van der Waals surface area (Å²) in [6, 6.07) is 12.5. The van der Waals surface area contributed by atoms with Crippen molar-refractivity contribution < 1.29 is 23.5 Å². The summed E-state index contributed by atoms with van der Waals surface area (Å²) in [7, 11) is 0. The van der Waals surface area contributed by atoms with Gasteiger partial charge >= 0.3 is 0 Å². The number of nitrogens with zero attached hydrogens (tertiary/aromatic N) is 3. The van der Waals surface area contributed by atoms with Gasteiger partial charge in [0.15, 0.2) is 17.3 Å². The normalized spacial score (nSPS) is 15.1. The minimum atomic E-state index is -0.0728. The number of ether oxygens (including phenoxy) is 2. The van der Waals surface area contributed by atoms with Crippen LogP contribution in [0.4, 0.5) is 5.69 Å². The molecular weight excluding hydrogens is 406 g/mol. The Morgan fingerprint density at radius 3 is 2.87 bits per heavy atom. The van der Waals surface area contributed by atoms with Gasteiger partial charge in [-0.1, -0.05) is 23.9 Å². The van der Waals surface area contributed by atoms with Gasteiger partial charge < -0.3 is 18.8 Å². The molecule has 0 bridgehead atoms. The molecule has 0 aliphatic carbocycles. The number of hydrogen-bond acceptors (Lipinski definition) is 8. The molecule has 0 unspecified atom stereocenters. The Morgan fingerprint density at radius 1 is 1.10 bits per heavy atom. The molecule has 9 heteroatoms. The summed E-state index contributed by atoms with van der Waals surface area (Å²) in [5.41, 5.74) is 2.03. The molecular formula is C21H17N3O5S. The Hall–Kier alpha value is -3.33. The fourth-order valence-electron chi connectivity index (χ4n) is 3.39. The lowest BCUT2D eigenvalue weighted by Gasteiger charge is -2.16. The van der Waals surface area contributed by atoms with Crippen LogP contribution in [-0.2, 0) is 4.79 Å². The van der Waals surface area contributed by atoms with Crippen molar-refractivity contribution in [3.8, 4) is 23.0 Å². The van der Waals surface area contributed by atoms with Crippen LogP contribution in [0.2, 0.25) is 0 Å². The summed E-state index contributed by atoms with van der Waals surface area (Å²) in [6.07, 6.45) is 1.40. The van der Waals surface area contributed by atoms with Gasteiger partial charge in [0.05, 0.1) is 5.75 Å². The van der Waals surface area contributed by atoms with E-state index in [0.29, 0.717) is 46.7 Å². The monoisotopic (exact) mass is 423 g/mol. The molecule has 0 saturated carbocycles. The molecule has 5 rings (SSSR count). The fraction of sp³-hybridized carbons (Fsp3) is 0.238. The van der Waals surface area contributed by atoms with E-state index in [9.17, 15) is 9.59 Å². The first-order chi connectivity index (χ1) is 14.7. The predicted octanol–water partition coefficient (Wildman–Crippen LogP) is 3.57. The van der Waals surface area contributed by atoms with E-state index < -0.39 is 0 Å². The quantitative estimate of drug-likeness (QED) is 0.439. The second-order valence-corrected chi connectivity index (χ2v) is 7.78. The molecule has 0 atom stereocenters. The maximum absolute atomic E-state index is 12.6. The third-order valence-electron chi connectivity index (χ3n) is 4.91. The number of aromatic nitrogens is 2.